The van der Waals surface area contributed by atoms with Gasteiger partial charge >= 0.3 is 0 Å². The van der Waals surface area contributed by atoms with E-state index in [-0.39, 0.29) is 5.41 Å². The predicted molar refractivity (Wildman–Crippen MR) is 135 cm³/mol. The molecule has 0 atom stereocenters. The molecule has 6 rings (SSSR count). The van der Waals surface area contributed by atoms with Gasteiger partial charge in [-0.3, -0.25) is 0 Å². The monoisotopic (exact) mass is 433 g/mol. The number of hydrogen-bond acceptors (Lipinski definition) is 2. The first-order valence-corrected chi connectivity index (χ1v) is 11.7. The third kappa shape index (κ3) is 2.68. The van der Waals surface area contributed by atoms with Gasteiger partial charge in [0.05, 0.1) is 10.9 Å². The number of aryl methyl sites for hydroxylation is 2. The fourth-order valence-electron chi connectivity index (χ4n) is 5.66. The van der Waals surface area contributed by atoms with Gasteiger partial charge in [-0.1, -0.05) is 64.1 Å². The number of hydrogen-bond donors (Lipinski definition) is 0. The van der Waals surface area contributed by atoms with Gasteiger partial charge in [0.1, 0.15) is 7.05 Å². The average Bonchev–Trinajstić information content (AvgIpc) is 3.27. The highest BCUT2D eigenvalue weighted by Crippen LogP contribution is 2.52. The molecule has 3 heteroatoms. The summed E-state index contributed by atoms with van der Waals surface area (Å²) in [5.74, 6) is 0.462. The molecule has 0 aliphatic heterocycles. The van der Waals surface area contributed by atoms with E-state index in [9.17, 15) is 0 Å². The Morgan fingerprint density at radius 1 is 1.00 bits per heavy atom. The molecule has 0 radical (unpaired) electrons. The number of benzene rings is 2. The molecule has 3 aromatic heterocycles. The number of fused-ring (bicyclic) bond motifs is 7. The zero-order valence-corrected chi connectivity index (χ0v) is 20.2. The zero-order chi connectivity index (χ0) is 23.1. The summed E-state index contributed by atoms with van der Waals surface area (Å²) in [6.45, 7) is 11.3. The van der Waals surface area contributed by atoms with E-state index in [1.807, 2.05) is 6.20 Å². The van der Waals surface area contributed by atoms with E-state index in [1.54, 1.807) is 0 Å². The van der Waals surface area contributed by atoms with Crippen LogP contribution in [0.3, 0.4) is 0 Å². The van der Waals surface area contributed by atoms with E-state index in [0.717, 1.165) is 27.6 Å². The van der Waals surface area contributed by atoms with Crippen LogP contribution in [0, 0.1) is 6.92 Å². The molecule has 0 bridgehead atoms. The molecular weight excluding hydrogens is 404 g/mol. The summed E-state index contributed by atoms with van der Waals surface area (Å²) >= 11 is 0. The molecular formula is C30H29N2O+. The molecule has 3 nitrogen and oxygen atoms in total. The van der Waals surface area contributed by atoms with Crippen molar-refractivity contribution in [1.82, 2.24) is 4.98 Å². The average molecular weight is 434 g/mol. The van der Waals surface area contributed by atoms with Crippen molar-refractivity contribution in [3.63, 3.8) is 0 Å². The largest absolute Gasteiger partial charge is 0.437 e. The Morgan fingerprint density at radius 3 is 2.58 bits per heavy atom. The SMILES string of the molecule is Cc1ccc2c(oc3ncc4c(c32)C(C)(C)c2ccccc2-4)c1-c1cc(C(C)C)cc[n+]1C. The van der Waals surface area contributed by atoms with Gasteiger partial charge in [-0.15, -0.1) is 0 Å². The Bertz CT molecular complexity index is 1590. The molecule has 0 N–H and O–H groups in total. The minimum absolute atomic E-state index is 0.114. The molecule has 0 saturated heterocycles. The smallest absolute Gasteiger partial charge is 0.227 e. The Morgan fingerprint density at radius 2 is 1.79 bits per heavy atom. The van der Waals surface area contributed by atoms with Gasteiger partial charge in [-0.2, -0.15) is 0 Å². The topological polar surface area (TPSA) is 29.9 Å². The normalized spacial score (nSPS) is 14.3. The van der Waals surface area contributed by atoms with Gasteiger partial charge < -0.3 is 4.42 Å². The zero-order valence-electron chi connectivity index (χ0n) is 20.2. The van der Waals surface area contributed by atoms with Crippen molar-refractivity contribution in [2.24, 2.45) is 7.05 Å². The maximum atomic E-state index is 6.57. The van der Waals surface area contributed by atoms with E-state index < -0.39 is 0 Å². The molecule has 1 aliphatic carbocycles. The highest BCUT2D eigenvalue weighted by molar-refractivity contribution is 6.13. The Hall–Kier alpha value is -3.46. The summed E-state index contributed by atoms with van der Waals surface area (Å²) in [5, 5.41) is 2.29. The summed E-state index contributed by atoms with van der Waals surface area (Å²) in [7, 11) is 2.11. The summed E-state index contributed by atoms with van der Waals surface area (Å²) in [5.41, 5.74) is 11.6. The lowest BCUT2D eigenvalue weighted by atomic mass is 9.81. The van der Waals surface area contributed by atoms with Gasteiger partial charge in [-0.25, -0.2) is 9.55 Å². The van der Waals surface area contributed by atoms with Crippen molar-refractivity contribution in [3.8, 4) is 22.4 Å². The first-order valence-electron chi connectivity index (χ1n) is 11.7. The van der Waals surface area contributed by atoms with E-state index in [4.69, 9.17) is 9.40 Å². The van der Waals surface area contributed by atoms with E-state index in [1.165, 1.54) is 39.1 Å². The number of rotatable bonds is 2. The molecule has 0 spiro atoms. The number of pyridine rings is 2. The number of furan rings is 1. The van der Waals surface area contributed by atoms with Gasteiger partial charge in [0, 0.05) is 34.7 Å². The van der Waals surface area contributed by atoms with Gasteiger partial charge in [0.25, 0.3) is 0 Å². The molecule has 0 saturated carbocycles. The van der Waals surface area contributed by atoms with Crippen LogP contribution in [0.1, 0.15) is 55.9 Å². The van der Waals surface area contributed by atoms with Gasteiger partial charge in [0.2, 0.25) is 11.4 Å². The first kappa shape index (κ1) is 20.2. The summed E-state index contributed by atoms with van der Waals surface area (Å²) in [6.07, 6.45) is 4.15. The Balaban J connectivity index is 1.72. The lowest BCUT2D eigenvalue weighted by molar-refractivity contribution is -0.660. The van der Waals surface area contributed by atoms with Crippen molar-refractivity contribution in [1.29, 1.82) is 0 Å². The molecule has 0 amide bonds. The quantitative estimate of drug-likeness (QED) is 0.275. The molecule has 0 unspecified atom stereocenters. The van der Waals surface area contributed by atoms with Gasteiger partial charge in [0.15, 0.2) is 11.8 Å². The molecule has 2 aromatic carbocycles. The minimum atomic E-state index is -0.114. The van der Waals surface area contributed by atoms with Gasteiger partial charge in [-0.05, 0) is 40.7 Å². The summed E-state index contributed by atoms with van der Waals surface area (Å²) < 4.78 is 8.76. The Kier molecular flexibility index (Phi) is 4.14. The van der Waals surface area contributed by atoms with E-state index in [0.29, 0.717) is 5.92 Å². The standard InChI is InChI=1S/C30H29N2O/c1-17(2)19-13-14-32(6)24(15-19)25-18(3)11-12-21-26-27-22(16-31-29(26)33-28(21)25)20-9-7-8-10-23(20)30(27,4)5/h7-17H,1-6H3/q+1. The highest BCUT2D eigenvalue weighted by Gasteiger charge is 2.38. The lowest BCUT2D eigenvalue weighted by Crippen LogP contribution is -2.31. The van der Waals surface area contributed by atoms with Crippen molar-refractivity contribution in [2.75, 3.05) is 0 Å². The minimum Gasteiger partial charge on any atom is -0.437 e. The molecule has 164 valence electrons. The fraction of sp³-hybridized carbons (Fsp3) is 0.267. The van der Waals surface area contributed by atoms with Crippen LogP contribution in [0.15, 0.2) is 65.3 Å². The van der Waals surface area contributed by atoms with Crippen molar-refractivity contribution in [3.05, 3.63) is 83.2 Å². The summed E-state index contributed by atoms with van der Waals surface area (Å²) in [6, 6.07) is 17.7. The second-order valence-corrected chi connectivity index (χ2v) is 10.2. The number of nitrogens with zero attached hydrogens (tertiary/aromatic N) is 2. The van der Waals surface area contributed by atoms with Crippen LogP contribution < -0.4 is 4.57 Å². The van der Waals surface area contributed by atoms with E-state index >= 15 is 0 Å². The van der Waals surface area contributed by atoms with Crippen molar-refractivity contribution in [2.45, 2.75) is 46.0 Å². The maximum absolute atomic E-state index is 6.57. The van der Waals surface area contributed by atoms with Crippen LogP contribution in [0.5, 0.6) is 0 Å². The van der Waals surface area contributed by atoms with Crippen LogP contribution in [-0.4, -0.2) is 4.98 Å². The van der Waals surface area contributed by atoms with Crippen molar-refractivity contribution >= 4 is 22.1 Å². The predicted octanol–water partition coefficient (Wildman–Crippen LogP) is 7.21. The van der Waals surface area contributed by atoms with Crippen LogP contribution in [0.2, 0.25) is 0 Å². The maximum Gasteiger partial charge on any atom is 0.227 e. The van der Waals surface area contributed by atoms with Crippen LogP contribution >= 0.6 is 0 Å². The summed E-state index contributed by atoms with van der Waals surface area (Å²) in [4.78, 5) is 4.81. The van der Waals surface area contributed by atoms with Crippen LogP contribution in [0.25, 0.3) is 44.5 Å². The number of aromatic nitrogens is 2. The van der Waals surface area contributed by atoms with Crippen LogP contribution in [-0.2, 0) is 12.5 Å². The third-order valence-corrected chi connectivity index (χ3v) is 7.49. The molecule has 5 aromatic rings. The molecule has 1 aliphatic rings. The molecule has 0 fully saturated rings. The lowest BCUT2D eigenvalue weighted by Gasteiger charge is -2.22. The van der Waals surface area contributed by atoms with E-state index in [2.05, 4.69) is 101 Å². The van der Waals surface area contributed by atoms with Crippen molar-refractivity contribution < 1.29 is 8.98 Å². The highest BCUT2D eigenvalue weighted by atomic mass is 16.3. The Labute approximate surface area is 194 Å². The second kappa shape index (κ2) is 6.77. The second-order valence-electron chi connectivity index (χ2n) is 10.2. The van der Waals surface area contributed by atoms with Crippen LogP contribution in [0.4, 0.5) is 0 Å². The first-order chi connectivity index (χ1) is 15.8. The third-order valence-electron chi connectivity index (χ3n) is 7.49. The fourth-order valence-corrected chi connectivity index (χ4v) is 5.66. The molecule has 3 heterocycles. The molecule has 33 heavy (non-hydrogen) atoms.